The molecular formula is C16H12F2N2O4. The van der Waals surface area contributed by atoms with Crippen molar-refractivity contribution in [2.45, 2.75) is 0 Å². The van der Waals surface area contributed by atoms with Crippen LogP contribution in [0.4, 0.5) is 8.78 Å². The van der Waals surface area contributed by atoms with Gasteiger partial charge in [0.1, 0.15) is 17.4 Å². The minimum absolute atomic E-state index is 0.0319. The molecule has 0 aliphatic heterocycles. The zero-order valence-electron chi connectivity index (χ0n) is 12.4. The Labute approximate surface area is 135 Å². The number of carbonyl (C=O) groups is 2. The minimum atomic E-state index is -1.26. The molecule has 6 nitrogen and oxygen atoms in total. The molecule has 2 aromatic carbocycles. The number of carboxylic acid groups (broad SMARTS) is 1. The molecule has 0 saturated carbocycles. The van der Waals surface area contributed by atoms with Gasteiger partial charge in [-0.25, -0.2) is 19.0 Å². The summed E-state index contributed by atoms with van der Waals surface area (Å²) in [5.74, 6) is -3.44. The Kier molecular flexibility index (Phi) is 5.20. The SMILES string of the molecule is COc1ccc(C(=O)NN=Cc2ccc(C(=O)O)cc2F)c(F)c1. The largest absolute Gasteiger partial charge is 0.497 e. The lowest BCUT2D eigenvalue weighted by Crippen LogP contribution is -2.19. The van der Waals surface area contributed by atoms with E-state index in [0.717, 1.165) is 18.3 Å². The van der Waals surface area contributed by atoms with Gasteiger partial charge in [0.25, 0.3) is 5.91 Å². The number of hydrazone groups is 1. The number of benzene rings is 2. The van der Waals surface area contributed by atoms with Gasteiger partial charge in [0.05, 0.1) is 24.5 Å². The van der Waals surface area contributed by atoms with Gasteiger partial charge in [-0.05, 0) is 30.3 Å². The molecule has 8 heteroatoms. The van der Waals surface area contributed by atoms with Crippen LogP contribution < -0.4 is 10.2 Å². The highest BCUT2D eigenvalue weighted by Crippen LogP contribution is 2.16. The lowest BCUT2D eigenvalue weighted by molar-refractivity contribution is 0.0696. The number of nitrogens with zero attached hydrogens (tertiary/aromatic N) is 1. The predicted octanol–water partition coefficient (Wildman–Crippen LogP) is 2.44. The number of ether oxygens (including phenoxy) is 1. The van der Waals surface area contributed by atoms with Gasteiger partial charge in [0.2, 0.25) is 0 Å². The number of aromatic carboxylic acids is 1. The van der Waals surface area contributed by atoms with E-state index < -0.39 is 23.5 Å². The first kappa shape index (κ1) is 17.1. The number of rotatable bonds is 5. The molecule has 124 valence electrons. The van der Waals surface area contributed by atoms with Crippen molar-refractivity contribution in [3.63, 3.8) is 0 Å². The van der Waals surface area contributed by atoms with Crippen molar-refractivity contribution in [2.24, 2.45) is 5.10 Å². The molecular weight excluding hydrogens is 322 g/mol. The lowest BCUT2D eigenvalue weighted by atomic mass is 10.1. The Bertz CT molecular complexity index is 822. The maximum absolute atomic E-state index is 13.7. The van der Waals surface area contributed by atoms with Gasteiger partial charge in [-0.3, -0.25) is 4.79 Å². The van der Waals surface area contributed by atoms with E-state index in [9.17, 15) is 18.4 Å². The van der Waals surface area contributed by atoms with Gasteiger partial charge >= 0.3 is 5.97 Å². The molecule has 0 radical (unpaired) electrons. The molecule has 0 heterocycles. The van der Waals surface area contributed by atoms with E-state index in [0.29, 0.717) is 0 Å². The van der Waals surface area contributed by atoms with Crippen LogP contribution in [0.25, 0.3) is 0 Å². The first-order valence-corrected chi connectivity index (χ1v) is 6.62. The molecule has 2 rings (SSSR count). The number of hydrogen-bond donors (Lipinski definition) is 2. The van der Waals surface area contributed by atoms with E-state index in [1.54, 1.807) is 0 Å². The van der Waals surface area contributed by atoms with Crippen LogP contribution in [-0.2, 0) is 0 Å². The number of methoxy groups -OCH3 is 1. The lowest BCUT2D eigenvalue weighted by Gasteiger charge is -2.04. The van der Waals surface area contributed by atoms with Crippen LogP contribution in [0, 0.1) is 11.6 Å². The third-order valence-electron chi connectivity index (χ3n) is 3.04. The fraction of sp³-hybridized carbons (Fsp3) is 0.0625. The quantitative estimate of drug-likeness (QED) is 0.649. The van der Waals surface area contributed by atoms with E-state index >= 15 is 0 Å². The minimum Gasteiger partial charge on any atom is -0.497 e. The number of amides is 1. The third kappa shape index (κ3) is 3.92. The summed E-state index contributed by atoms with van der Waals surface area (Å²) in [6.07, 6.45) is 0.986. The topological polar surface area (TPSA) is 88.0 Å². The zero-order chi connectivity index (χ0) is 17.7. The summed E-state index contributed by atoms with van der Waals surface area (Å²) in [7, 11) is 1.36. The van der Waals surface area contributed by atoms with Crippen molar-refractivity contribution in [3.05, 3.63) is 64.7 Å². The van der Waals surface area contributed by atoms with Crippen molar-refractivity contribution in [1.29, 1.82) is 0 Å². The van der Waals surface area contributed by atoms with Crippen molar-refractivity contribution >= 4 is 18.1 Å². The van der Waals surface area contributed by atoms with Crippen LogP contribution in [0.1, 0.15) is 26.3 Å². The Morgan fingerprint density at radius 2 is 1.92 bits per heavy atom. The van der Waals surface area contributed by atoms with Crippen molar-refractivity contribution in [1.82, 2.24) is 5.43 Å². The smallest absolute Gasteiger partial charge is 0.335 e. The highest BCUT2D eigenvalue weighted by molar-refractivity contribution is 5.95. The molecule has 0 unspecified atom stereocenters. The normalized spacial score (nSPS) is 10.6. The van der Waals surface area contributed by atoms with E-state index in [4.69, 9.17) is 9.84 Å². The van der Waals surface area contributed by atoms with E-state index in [1.165, 1.54) is 31.4 Å². The summed E-state index contributed by atoms with van der Waals surface area (Å²) >= 11 is 0. The fourth-order valence-electron chi connectivity index (χ4n) is 1.79. The van der Waals surface area contributed by atoms with Crippen molar-refractivity contribution in [3.8, 4) is 5.75 Å². The first-order chi connectivity index (χ1) is 11.4. The predicted molar refractivity (Wildman–Crippen MR) is 81.4 cm³/mol. The van der Waals surface area contributed by atoms with Crippen LogP contribution in [-0.4, -0.2) is 30.3 Å². The van der Waals surface area contributed by atoms with Gasteiger partial charge in [0.15, 0.2) is 0 Å². The number of carbonyl (C=O) groups excluding carboxylic acids is 1. The van der Waals surface area contributed by atoms with Gasteiger partial charge < -0.3 is 9.84 Å². The van der Waals surface area contributed by atoms with Crippen LogP contribution in [0.5, 0.6) is 5.75 Å². The molecule has 0 saturated heterocycles. The molecule has 0 fully saturated rings. The highest BCUT2D eigenvalue weighted by atomic mass is 19.1. The second kappa shape index (κ2) is 7.32. The molecule has 1 amide bonds. The zero-order valence-corrected chi connectivity index (χ0v) is 12.4. The number of halogens is 2. The van der Waals surface area contributed by atoms with Gasteiger partial charge in [0, 0.05) is 11.6 Å². The molecule has 0 spiro atoms. The fourth-order valence-corrected chi connectivity index (χ4v) is 1.79. The maximum atomic E-state index is 13.7. The molecule has 24 heavy (non-hydrogen) atoms. The van der Waals surface area contributed by atoms with E-state index in [2.05, 4.69) is 10.5 Å². The molecule has 0 atom stereocenters. The molecule has 0 aliphatic carbocycles. The van der Waals surface area contributed by atoms with Crippen LogP contribution in [0.3, 0.4) is 0 Å². The van der Waals surface area contributed by atoms with Gasteiger partial charge in [-0.15, -0.1) is 0 Å². The molecule has 2 aromatic rings. The molecule has 0 bridgehead atoms. The molecule has 0 aliphatic rings. The van der Waals surface area contributed by atoms with E-state index in [1.807, 2.05) is 0 Å². The second-order valence-corrected chi connectivity index (χ2v) is 4.59. The van der Waals surface area contributed by atoms with Crippen molar-refractivity contribution in [2.75, 3.05) is 7.11 Å². The Morgan fingerprint density at radius 1 is 1.17 bits per heavy atom. The first-order valence-electron chi connectivity index (χ1n) is 6.62. The average molecular weight is 334 g/mol. The Balaban J connectivity index is 2.09. The molecule has 0 aromatic heterocycles. The maximum Gasteiger partial charge on any atom is 0.335 e. The molecule has 2 N–H and O–H groups in total. The Hall–Kier alpha value is -3.29. The Morgan fingerprint density at radius 3 is 2.50 bits per heavy atom. The summed E-state index contributed by atoms with van der Waals surface area (Å²) in [6.45, 7) is 0. The van der Waals surface area contributed by atoms with Crippen LogP contribution >= 0.6 is 0 Å². The summed E-state index contributed by atoms with van der Waals surface area (Å²) < 4.78 is 32.2. The second-order valence-electron chi connectivity index (χ2n) is 4.59. The average Bonchev–Trinajstić information content (AvgIpc) is 2.55. The van der Waals surface area contributed by atoms with Gasteiger partial charge in [-0.1, -0.05) is 0 Å². The number of nitrogens with one attached hydrogen (secondary N) is 1. The van der Waals surface area contributed by atoms with Crippen LogP contribution in [0.15, 0.2) is 41.5 Å². The number of carboxylic acids is 1. The van der Waals surface area contributed by atoms with Gasteiger partial charge in [-0.2, -0.15) is 5.10 Å². The summed E-state index contributed by atoms with van der Waals surface area (Å²) in [5.41, 5.74) is 1.56. The summed E-state index contributed by atoms with van der Waals surface area (Å²) in [6, 6.07) is 6.89. The van der Waals surface area contributed by atoms with Crippen LogP contribution in [0.2, 0.25) is 0 Å². The van der Waals surface area contributed by atoms with Crippen molar-refractivity contribution < 1.29 is 28.2 Å². The summed E-state index contributed by atoms with van der Waals surface area (Å²) in [4.78, 5) is 22.5. The monoisotopic (exact) mass is 334 g/mol. The van der Waals surface area contributed by atoms with E-state index in [-0.39, 0.29) is 22.4 Å². The number of hydrogen-bond acceptors (Lipinski definition) is 4. The third-order valence-corrected chi connectivity index (χ3v) is 3.04. The standard InChI is InChI=1S/C16H12F2N2O4/c1-24-11-4-5-12(14(18)7-11)15(21)20-19-8-10-3-2-9(16(22)23)6-13(10)17/h2-8H,1H3,(H,20,21)(H,22,23). The highest BCUT2D eigenvalue weighted by Gasteiger charge is 2.12. The summed E-state index contributed by atoms with van der Waals surface area (Å²) in [5, 5.41) is 12.3.